The van der Waals surface area contributed by atoms with Crippen molar-refractivity contribution >= 4 is 45.4 Å². The van der Waals surface area contributed by atoms with Gasteiger partial charge in [-0.1, -0.05) is 78.9 Å². The molecule has 7 heteroatoms. The van der Waals surface area contributed by atoms with Crippen molar-refractivity contribution in [3.8, 4) is 0 Å². The first kappa shape index (κ1) is 29.0. The fraction of sp³-hybridized carbons (Fsp3) is 0.278. The molecule has 0 saturated carbocycles. The van der Waals surface area contributed by atoms with Gasteiger partial charge in [-0.05, 0) is 42.3 Å². The van der Waals surface area contributed by atoms with E-state index < -0.39 is 6.04 Å². The van der Waals surface area contributed by atoms with Crippen LogP contribution in [0.5, 0.6) is 0 Å². The van der Waals surface area contributed by atoms with Crippen LogP contribution in [0.2, 0.25) is 0 Å². The van der Waals surface area contributed by atoms with Crippen molar-refractivity contribution in [1.82, 2.24) is 19.7 Å². The van der Waals surface area contributed by atoms with Crippen molar-refractivity contribution < 1.29 is 9.59 Å². The highest BCUT2D eigenvalue weighted by molar-refractivity contribution is 7.99. The molecule has 5 aromatic rings. The molecule has 1 atom stereocenters. The number of nitrogens with one attached hydrogen (secondary N) is 1. The normalized spacial score (nSPS) is 14.8. The zero-order chi connectivity index (χ0) is 29.8. The molecule has 1 fully saturated rings. The predicted octanol–water partition coefficient (Wildman–Crippen LogP) is 6.35. The first-order chi connectivity index (χ1) is 21.0. The van der Waals surface area contributed by atoms with Crippen LogP contribution < -0.4 is 5.32 Å². The number of nitrogens with zero attached hydrogens (tertiary/aromatic N) is 3. The maximum atomic E-state index is 13.8. The SMILES string of the molecule is CCn1c2ccccc2c2cc(SCC(NC(C)=O)C(=O)N3CCN(C(c4ccccc4)c4ccccc4)CC3)ccc21. The highest BCUT2D eigenvalue weighted by Gasteiger charge is 2.31. The molecule has 4 aromatic carbocycles. The average Bonchev–Trinajstić information content (AvgIpc) is 3.37. The van der Waals surface area contributed by atoms with Crippen molar-refractivity contribution in [3.05, 3.63) is 114 Å². The number of benzene rings is 4. The smallest absolute Gasteiger partial charge is 0.246 e. The van der Waals surface area contributed by atoms with Gasteiger partial charge in [0.25, 0.3) is 0 Å². The number of para-hydroxylation sites is 1. The molecule has 6 rings (SSSR count). The van der Waals surface area contributed by atoms with E-state index in [1.54, 1.807) is 11.8 Å². The molecule has 6 nitrogen and oxygen atoms in total. The summed E-state index contributed by atoms with van der Waals surface area (Å²) >= 11 is 1.62. The second-order valence-corrected chi connectivity index (χ2v) is 12.2. The number of hydrogen-bond donors (Lipinski definition) is 1. The van der Waals surface area contributed by atoms with Gasteiger partial charge >= 0.3 is 0 Å². The van der Waals surface area contributed by atoms with Gasteiger partial charge in [0.15, 0.2) is 0 Å². The first-order valence-corrected chi connectivity index (χ1v) is 16.1. The van der Waals surface area contributed by atoms with Crippen LogP contribution in [0.3, 0.4) is 0 Å². The second-order valence-electron chi connectivity index (χ2n) is 11.1. The number of hydrogen-bond acceptors (Lipinski definition) is 4. The third-order valence-corrected chi connectivity index (χ3v) is 9.46. The van der Waals surface area contributed by atoms with Crippen LogP contribution >= 0.6 is 11.8 Å². The van der Waals surface area contributed by atoms with Crippen molar-refractivity contribution in [2.24, 2.45) is 0 Å². The summed E-state index contributed by atoms with van der Waals surface area (Å²) in [4.78, 5) is 31.4. The number of fused-ring (bicyclic) bond motifs is 3. The molecular formula is C36H38N4O2S. The number of amides is 2. The molecule has 1 aromatic heterocycles. The molecule has 0 bridgehead atoms. The summed E-state index contributed by atoms with van der Waals surface area (Å²) in [5, 5.41) is 5.39. The van der Waals surface area contributed by atoms with Gasteiger partial charge in [0, 0.05) is 72.1 Å². The van der Waals surface area contributed by atoms with Gasteiger partial charge < -0.3 is 14.8 Å². The fourth-order valence-electron chi connectivity index (χ4n) is 6.37. The summed E-state index contributed by atoms with van der Waals surface area (Å²) in [6, 6.07) is 35.7. The molecule has 0 spiro atoms. The lowest BCUT2D eigenvalue weighted by Gasteiger charge is -2.40. The molecule has 1 aliphatic heterocycles. The largest absolute Gasteiger partial charge is 0.344 e. The number of thioether (sulfide) groups is 1. The minimum absolute atomic E-state index is 0.0121. The van der Waals surface area contributed by atoms with E-state index in [9.17, 15) is 9.59 Å². The van der Waals surface area contributed by atoms with Crippen molar-refractivity contribution in [3.63, 3.8) is 0 Å². The van der Waals surface area contributed by atoms with Crippen LogP contribution in [0, 0.1) is 0 Å². The number of piperazine rings is 1. The lowest BCUT2D eigenvalue weighted by atomic mass is 9.96. The molecular weight excluding hydrogens is 552 g/mol. The molecule has 220 valence electrons. The number of rotatable bonds is 9. The Kier molecular flexibility index (Phi) is 8.82. The van der Waals surface area contributed by atoms with Crippen LogP contribution in [-0.2, 0) is 16.1 Å². The summed E-state index contributed by atoms with van der Waals surface area (Å²) in [5.41, 5.74) is 4.94. The zero-order valence-corrected chi connectivity index (χ0v) is 25.6. The Morgan fingerprint density at radius 3 is 2.00 bits per heavy atom. The number of aryl methyl sites for hydroxylation is 1. The molecule has 1 unspecified atom stereocenters. The summed E-state index contributed by atoms with van der Waals surface area (Å²) in [7, 11) is 0. The van der Waals surface area contributed by atoms with E-state index in [4.69, 9.17) is 0 Å². The quantitative estimate of drug-likeness (QED) is 0.204. The molecule has 43 heavy (non-hydrogen) atoms. The first-order valence-electron chi connectivity index (χ1n) is 15.1. The van der Waals surface area contributed by atoms with Crippen molar-refractivity contribution in [2.75, 3.05) is 31.9 Å². The molecule has 1 aliphatic rings. The highest BCUT2D eigenvalue weighted by Crippen LogP contribution is 2.33. The Morgan fingerprint density at radius 1 is 0.767 bits per heavy atom. The number of carbonyl (C=O) groups is 2. The van der Waals surface area contributed by atoms with Gasteiger partial charge in [0.05, 0.1) is 6.04 Å². The number of carbonyl (C=O) groups excluding carboxylic acids is 2. The van der Waals surface area contributed by atoms with Crippen LogP contribution in [0.1, 0.15) is 31.0 Å². The topological polar surface area (TPSA) is 57.6 Å². The van der Waals surface area contributed by atoms with E-state index in [1.165, 1.54) is 39.9 Å². The van der Waals surface area contributed by atoms with E-state index in [2.05, 4.69) is 113 Å². The minimum atomic E-state index is -0.583. The fourth-order valence-corrected chi connectivity index (χ4v) is 7.32. The lowest BCUT2D eigenvalue weighted by Crippen LogP contribution is -2.56. The monoisotopic (exact) mass is 590 g/mol. The maximum Gasteiger partial charge on any atom is 0.246 e. The van der Waals surface area contributed by atoms with E-state index in [-0.39, 0.29) is 17.9 Å². The summed E-state index contributed by atoms with van der Waals surface area (Å²) < 4.78 is 2.34. The standard InChI is InChI=1S/C36H38N4O2S/c1-3-40-33-17-11-10-16-30(33)31-24-29(18-19-34(31)40)43-25-32(37-26(2)41)36(42)39-22-20-38(21-23-39)35(27-12-6-4-7-13-27)28-14-8-5-9-15-28/h4-19,24,32,35H,3,20-23,25H2,1-2H3,(H,37,41). The Morgan fingerprint density at radius 2 is 1.37 bits per heavy atom. The van der Waals surface area contributed by atoms with Gasteiger partial charge in [-0.15, -0.1) is 11.8 Å². The van der Waals surface area contributed by atoms with Crippen molar-refractivity contribution in [1.29, 1.82) is 0 Å². The van der Waals surface area contributed by atoms with Gasteiger partial charge in [-0.25, -0.2) is 0 Å². The van der Waals surface area contributed by atoms with Crippen LogP contribution in [0.25, 0.3) is 21.8 Å². The molecule has 1 N–H and O–H groups in total. The molecule has 0 radical (unpaired) electrons. The maximum absolute atomic E-state index is 13.8. The van der Waals surface area contributed by atoms with E-state index in [1.807, 2.05) is 17.0 Å². The minimum Gasteiger partial charge on any atom is -0.344 e. The van der Waals surface area contributed by atoms with Gasteiger partial charge in [0.1, 0.15) is 6.04 Å². The Hall–Kier alpha value is -4.07. The summed E-state index contributed by atoms with van der Waals surface area (Å²) in [6.45, 7) is 7.33. The Labute approximate surface area is 257 Å². The second kappa shape index (κ2) is 13.1. The highest BCUT2D eigenvalue weighted by atomic mass is 32.2. The summed E-state index contributed by atoms with van der Waals surface area (Å²) in [5.74, 6) is 0.280. The van der Waals surface area contributed by atoms with E-state index in [0.717, 1.165) is 24.5 Å². The average molecular weight is 591 g/mol. The van der Waals surface area contributed by atoms with Crippen molar-refractivity contribution in [2.45, 2.75) is 37.4 Å². The molecule has 2 amide bonds. The van der Waals surface area contributed by atoms with E-state index >= 15 is 0 Å². The van der Waals surface area contributed by atoms with Crippen LogP contribution in [0.4, 0.5) is 0 Å². The Balaban J connectivity index is 1.15. The third-order valence-electron chi connectivity index (χ3n) is 8.37. The van der Waals surface area contributed by atoms with Gasteiger partial charge in [-0.3, -0.25) is 14.5 Å². The third kappa shape index (κ3) is 6.19. The van der Waals surface area contributed by atoms with Gasteiger partial charge in [0.2, 0.25) is 11.8 Å². The number of aromatic nitrogens is 1. The molecule has 0 aliphatic carbocycles. The van der Waals surface area contributed by atoms with E-state index in [0.29, 0.717) is 18.8 Å². The van der Waals surface area contributed by atoms with Crippen LogP contribution in [-0.4, -0.2) is 64.2 Å². The van der Waals surface area contributed by atoms with Crippen LogP contribution in [0.15, 0.2) is 108 Å². The molecule has 2 heterocycles. The Bertz CT molecular complexity index is 1670. The lowest BCUT2D eigenvalue weighted by molar-refractivity contribution is -0.137. The zero-order valence-electron chi connectivity index (χ0n) is 24.8. The predicted molar refractivity (Wildman–Crippen MR) is 176 cm³/mol. The molecule has 1 saturated heterocycles. The summed E-state index contributed by atoms with van der Waals surface area (Å²) in [6.07, 6.45) is 0. The van der Waals surface area contributed by atoms with Gasteiger partial charge in [-0.2, -0.15) is 0 Å².